The van der Waals surface area contributed by atoms with Crippen molar-refractivity contribution in [2.45, 2.75) is 44.4 Å². The Morgan fingerprint density at radius 1 is 1.50 bits per heavy atom. The lowest BCUT2D eigenvalue weighted by Crippen LogP contribution is -2.32. The number of pyridine rings is 1. The Morgan fingerprint density at radius 3 is 2.94 bits per heavy atom. The van der Waals surface area contributed by atoms with E-state index in [2.05, 4.69) is 23.3 Å². The van der Waals surface area contributed by atoms with Crippen LogP contribution in [0.25, 0.3) is 0 Å². The average molecular weight is 247 g/mol. The van der Waals surface area contributed by atoms with E-state index in [0.717, 1.165) is 17.5 Å². The van der Waals surface area contributed by atoms with Crippen LogP contribution in [-0.2, 0) is 4.74 Å². The number of aryl methyl sites for hydroxylation is 1. The Morgan fingerprint density at radius 2 is 2.33 bits per heavy atom. The van der Waals surface area contributed by atoms with E-state index in [1.54, 1.807) is 0 Å². The third-order valence-corrected chi connectivity index (χ3v) is 4.31. The van der Waals surface area contributed by atoms with Gasteiger partial charge in [0, 0.05) is 23.7 Å². The van der Waals surface area contributed by atoms with Gasteiger partial charge in [0.1, 0.15) is 5.82 Å². The van der Waals surface area contributed by atoms with Crippen molar-refractivity contribution in [3.05, 3.63) is 23.4 Å². The first-order valence-corrected chi connectivity index (χ1v) is 6.73. The molecule has 98 valence electrons. The Balaban J connectivity index is 1.90. The van der Waals surface area contributed by atoms with Crippen molar-refractivity contribution in [3.8, 4) is 0 Å². The minimum Gasteiger partial charge on any atom is -0.383 e. The first-order valence-electron chi connectivity index (χ1n) is 6.73. The molecule has 4 unspecified atom stereocenters. The van der Waals surface area contributed by atoms with Crippen LogP contribution in [0.15, 0.2) is 12.3 Å². The molecule has 0 amide bonds. The first kappa shape index (κ1) is 11.9. The fourth-order valence-electron chi connectivity index (χ4n) is 3.48. The molecule has 1 aromatic heterocycles. The Hall–Kier alpha value is -1.13. The molecule has 0 radical (unpaired) electrons. The number of hydrogen-bond donors (Lipinski definition) is 2. The van der Waals surface area contributed by atoms with Crippen LogP contribution in [0, 0.1) is 12.8 Å². The molecule has 2 aliphatic heterocycles. The zero-order chi connectivity index (χ0) is 12.7. The van der Waals surface area contributed by atoms with Gasteiger partial charge >= 0.3 is 0 Å². The Bertz CT molecular complexity index is 449. The van der Waals surface area contributed by atoms with Gasteiger partial charge in [-0.05, 0) is 44.9 Å². The highest BCUT2D eigenvalue weighted by Gasteiger charge is 2.44. The molecule has 0 aromatic carbocycles. The van der Waals surface area contributed by atoms with E-state index in [-0.39, 0.29) is 6.04 Å². The van der Waals surface area contributed by atoms with E-state index in [1.165, 1.54) is 12.8 Å². The van der Waals surface area contributed by atoms with Gasteiger partial charge in [0.05, 0.1) is 12.2 Å². The average Bonchev–Trinajstić information content (AvgIpc) is 2.97. The summed E-state index contributed by atoms with van der Waals surface area (Å²) in [6.45, 7) is 2.06. The predicted molar refractivity (Wildman–Crippen MR) is 71.2 cm³/mol. The molecule has 2 aliphatic rings. The van der Waals surface area contributed by atoms with E-state index in [4.69, 9.17) is 10.5 Å². The number of hydrogen-bond acceptors (Lipinski definition) is 4. The van der Waals surface area contributed by atoms with Crippen molar-refractivity contribution in [3.63, 3.8) is 0 Å². The number of ether oxygens (including phenoxy) is 1. The second kappa shape index (κ2) is 4.52. The summed E-state index contributed by atoms with van der Waals surface area (Å²) in [7, 11) is 2.00. The van der Waals surface area contributed by atoms with Gasteiger partial charge in [-0.1, -0.05) is 0 Å². The number of anilines is 1. The summed E-state index contributed by atoms with van der Waals surface area (Å²) >= 11 is 0. The van der Waals surface area contributed by atoms with E-state index >= 15 is 0 Å². The lowest BCUT2D eigenvalue weighted by Gasteiger charge is -2.29. The summed E-state index contributed by atoms with van der Waals surface area (Å²) in [5.41, 5.74) is 8.32. The highest BCUT2D eigenvalue weighted by atomic mass is 16.5. The number of nitrogen functional groups attached to an aromatic ring is 1. The number of nitrogens with zero attached hydrogens (tertiary/aromatic N) is 1. The number of nitrogens with two attached hydrogens (primary N) is 1. The molecular weight excluding hydrogens is 226 g/mol. The number of nitrogens with one attached hydrogen (secondary N) is 1. The van der Waals surface area contributed by atoms with Crippen molar-refractivity contribution in [1.82, 2.24) is 10.3 Å². The number of fused-ring (bicyclic) bond motifs is 2. The van der Waals surface area contributed by atoms with Crippen LogP contribution in [0.3, 0.4) is 0 Å². The maximum atomic E-state index is 6.04. The largest absolute Gasteiger partial charge is 0.383 e. The molecule has 3 N–H and O–H groups in total. The molecule has 3 heterocycles. The zero-order valence-corrected chi connectivity index (χ0v) is 11.0. The zero-order valence-electron chi connectivity index (χ0n) is 11.0. The van der Waals surface area contributed by atoms with Crippen LogP contribution in [0.5, 0.6) is 0 Å². The van der Waals surface area contributed by atoms with Crippen LogP contribution in [0.1, 0.15) is 36.4 Å². The van der Waals surface area contributed by atoms with E-state index in [9.17, 15) is 0 Å². The van der Waals surface area contributed by atoms with Crippen molar-refractivity contribution >= 4 is 5.82 Å². The topological polar surface area (TPSA) is 60.2 Å². The molecule has 0 aliphatic carbocycles. The fraction of sp³-hybridized carbons (Fsp3) is 0.643. The molecule has 2 bridgehead atoms. The van der Waals surface area contributed by atoms with Crippen molar-refractivity contribution < 1.29 is 4.74 Å². The van der Waals surface area contributed by atoms with Gasteiger partial charge in [-0.15, -0.1) is 0 Å². The van der Waals surface area contributed by atoms with Gasteiger partial charge in [-0.25, -0.2) is 4.98 Å². The number of aromatic nitrogens is 1. The van der Waals surface area contributed by atoms with Gasteiger partial charge in [-0.3, -0.25) is 0 Å². The molecule has 4 nitrogen and oxygen atoms in total. The van der Waals surface area contributed by atoms with Crippen LogP contribution < -0.4 is 11.1 Å². The van der Waals surface area contributed by atoms with Crippen LogP contribution in [-0.4, -0.2) is 24.2 Å². The fourth-order valence-corrected chi connectivity index (χ4v) is 3.48. The van der Waals surface area contributed by atoms with Crippen molar-refractivity contribution in [1.29, 1.82) is 0 Å². The quantitative estimate of drug-likeness (QED) is 0.855. The molecule has 2 fully saturated rings. The Labute approximate surface area is 108 Å². The van der Waals surface area contributed by atoms with Gasteiger partial charge in [0.25, 0.3) is 0 Å². The van der Waals surface area contributed by atoms with Crippen LogP contribution in [0.4, 0.5) is 5.82 Å². The normalized spacial score (nSPS) is 31.8. The van der Waals surface area contributed by atoms with E-state index < -0.39 is 0 Å². The highest BCUT2D eigenvalue weighted by Crippen LogP contribution is 2.45. The van der Waals surface area contributed by atoms with Crippen LogP contribution in [0.2, 0.25) is 0 Å². The summed E-state index contributed by atoms with van der Waals surface area (Å²) in [6.07, 6.45) is 6.24. The van der Waals surface area contributed by atoms with Crippen molar-refractivity contribution in [2.75, 3.05) is 12.8 Å². The minimum absolute atomic E-state index is 0.257. The third-order valence-electron chi connectivity index (χ3n) is 4.31. The molecule has 1 aromatic rings. The smallest absolute Gasteiger partial charge is 0.128 e. The molecule has 3 rings (SSSR count). The molecule has 4 atom stereocenters. The monoisotopic (exact) mass is 247 g/mol. The van der Waals surface area contributed by atoms with Gasteiger partial charge in [-0.2, -0.15) is 0 Å². The maximum Gasteiger partial charge on any atom is 0.128 e. The van der Waals surface area contributed by atoms with Crippen LogP contribution >= 0.6 is 0 Å². The summed E-state index contributed by atoms with van der Waals surface area (Å²) in [4.78, 5) is 4.28. The second-order valence-electron chi connectivity index (χ2n) is 5.53. The van der Waals surface area contributed by atoms with Gasteiger partial charge < -0.3 is 15.8 Å². The maximum absolute atomic E-state index is 6.04. The summed E-state index contributed by atoms with van der Waals surface area (Å²) in [5, 5.41) is 3.41. The highest BCUT2D eigenvalue weighted by molar-refractivity contribution is 5.43. The summed E-state index contributed by atoms with van der Waals surface area (Å²) in [6, 6.07) is 2.41. The predicted octanol–water partition coefficient (Wildman–Crippen LogP) is 1.80. The minimum atomic E-state index is 0.257. The SMILES string of the molecule is CNC(c1cc(C)cnc1N)C1CC2CCC1O2. The summed E-state index contributed by atoms with van der Waals surface area (Å²) in [5.74, 6) is 1.17. The molecule has 0 spiro atoms. The molecule has 0 saturated carbocycles. The molecule has 18 heavy (non-hydrogen) atoms. The Kier molecular flexibility index (Phi) is 2.99. The van der Waals surface area contributed by atoms with E-state index in [0.29, 0.717) is 23.9 Å². The number of rotatable bonds is 3. The van der Waals surface area contributed by atoms with E-state index in [1.807, 2.05) is 13.2 Å². The van der Waals surface area contributed by atoms with Gasteiger partial charge in [0.2, 0.25) is 0 Å². The standard InChI is InChI=1S/C14H21N3O/c1-8-5-11(14(15)17-7-8)13(16-2)10-6-9-3-4-12(10)18-9/h5,7,9-10,12-13,16H,3-4,6H2,1-2H3,(H2,15,17). The first-order chi connectivity index (χ1) is 8.69. The second-order valence-corrected chi connectivity index (χ2v) is 5.53. The third kappa shape index (κ3) is 1.89. The van der Waals surface area contributed by atoms with Gasteiger partial charge in [0.15, 0.2) is 0 Å². The lowest BCUT2D eigenvalue weighted by atomic mass is 9.81. The molecule has 4 heteroatoms. The summed E-state index contributed by atoms with van der Waals surface area (Å²) < 4.78 is 5.96. The molecular formula is C14H21N3O. The van der Waals surface area contributed by atoms with Crippen molar-refractivity contribution in [2.24, 2.45) is 5.92 Å². The lowest BCUT2D eigenvalue weighted by molar-refractivity contribution is 0.0863. The molecule has 2 saturated heterocycles.